The molecule has 0 saturated carbocycles. The fourth-order valence-corrected chi connectivity index (χ4v) is 3.40. The lowest BCUT2D eigenvalue weighted by Crippen LogP contribution is -2.53. The van der Waals surface area contributed by atoms with Crippen molar-refractivity contribution in [2.75, 3.05) is 13.1 Å². The van der Waals surface area contributed by atoms with E-state index in [4.69, 9.17) is 9.52 Å². The summed E-state index contributed by atoms with van der Waals surface area (Å²) in [6, 6.07) is 15.6. The number of hydrogen-bond donors (Lipinski definition) is 3. The van der Waals surface area contributed by atoms with Crippen molar-refractivity contribution in [3.8, 4) is 11.8 Å². The summed E-state index contributed by atoms with van der Waals surface area (Å²) in [4.78, 5) is 23.9. The summed E-state index contributed by atoms with van der Waals surface area (Å²) in [5, 5.41) is 16.2. The van der Waals surface area contributed by atoms with Gasteiger partial charge in [0, 0.05) is 10.9 Å². The molecule has 0 bridgehead atoms. The average molecular weight is 388 g/mol. The summed E-state index contributed by atoms with van der Waals surface area (Å²) in [6.45, 7) is 1.49. The summed E-state index contributed by atoms with van der Waals surface area (Å²) >= 11 is 0. The average Bonchev–Trinajstić information content (AvgIpc) is 3.18. The van der Waals surface area contributed by atoms with E-state index >= 15 is 0 Å². The minimum atomic E-state index is -0.975. The Labute approximate surface area is 167 Å². The van der Waals surface area contributed by atoms with Crippen molar-refractivity contribution in [3.63, 3.8) is 0 Å². The molecule has 0 aliphatic carbocycles. The van der Waals surface area contributed by atoms with Gasteiger partial charge in [0.05, 0.1) is 5.56 Å². The number of furan rings is 1. The third kappa shape index (κ3) is 4.15. The molecule has 1 aromatic heterocycles. The number of fused-ring (bicyclic) bond motifs is 1. The highest BCUT2D eigenvalue weighted by molar-refractivity contribution is 5.96. The van der Waals surface area contributed by atoms with Crippen LogP contribution in [0.3, 0.4) is 0 Å². The minimum Gasteiger partial charge on any atom is -0.478 e. The summed E-state index contributed by atoms with van der Waals surface area (Å²) < 4.78 is 5.68. The second-order valence-corrected chi connectivity index (χ2v) is 7.07. The Hall–Kier alpha value is -3.56. The van der Waals surface area contributed by atoms with E-state index in [1.165, 1.54) is 12.1 Å². The highest BCUT2D eigenvalue weighted by Gasteiger charge is 2.33. The van der Waals surface area contributed by atoms with Gasteiger partial charge >= 0.3 is 5.97 Å². The van der Waals surface area contributed by atoms with Crippen LogP contribution in [0, 0.1) is 11.8 Å². The molecule has 1 saturated heterocycles. The number of amides is 1. The van der Waals surface area contributed by atoms with Crippen LogP contribution in [-0.4, -0.2) is 35.6 Å². The maximum atomic E-state index is 12.9. The van der Waals surface area contributed by atoms with Crippen molar-refractivity contribution in [2.24, 2.45) is 0 Å². The Morgan fingerprint density at radius 1 is 1.07 bits per heavy atom. The maximum absolute atomic E-state index is 12.9. The maximum Gasteiger partial charge on any atom is 0.335 e. The fourth-order valence-electron chi connectivity index (χ4n) is 3.40. The van der Waals surface area contributed by atoms with Crippen molar-refractivity contribution in [1.29, 1.82) is 0 Å². The molecule has 1 amide bonds. The Morgan fingerprint density at radius 3 is 2.48 bits per heavy atom. The number of para-hydroxylation sites is 1. The molecule has 1 fully saturated rings. The molecule has 3 N–H and O–H groups in total. The first kappa shape index (κ1) is 18.8. The van der Waals surface area contributed by atoms with Gasteiger partial charge in [-0.2, -0.15) is 0 Å². The predicted octanol–water partition coefficient (Wildman–Crippen LogP) is 3.03. The topological polar surface area (TPSA) is 91.6 Å². The minimum absolute atomic E-state index is 0.213. The van der Waals surface area contributed by atoms with Gasteiger partial charge in [0.25, 0.3) is 5.91 Å². The van der Waals surface area contributed by atoms with E-state index in [2.05, 4.69) is 22.5 Å². The zero-order valence-electron chi connectivity index (χ0n) is 15.7. The third-order valence-electron chi connectivity index (χ3n) is 5.04. The van der Waals surface area contributed by atoms with Gasteiger partial charge in [-0.25, -0.2) is 4.79 Å². The summed E-state index contributed by atoms with van der Waals surface area (Å²) in [6.07, 6.45) is 1.33. The van der Waals surface area contributed by atoms with E-state index in [1.54, 1.807) is 18.2 Å². The molecule has 146 valence electrons. The lowest BCUT2D eigenvalue weighted by Gasteiger charge is -2.33. The number of carbonyl (C=O) groups excluding carboxylic acids is 1. The first-order chi connectivity index (χ1) is 14.0. The number of nitrogens with one attached hydrogen (secondary N) is 2. The Bertz CT molecular complexity index is 1080. The van der Waals surface area contributed by atoms with Gasteiger partial charge < -0.3 is 20.2 Å². The number of benzene rings is 2. The molecule has 0 spiro atoms. The van der Waals surface area contributed by atoms with Crippen LogP contribution in [0.2, 0.25) is 0 Å². The van der Waals surface area contributed by atoms with Crippen LogP contribution in [0.4, 0.5) is 0 Å². The Kier molecular flexibility index (Phi) is 5.07. The van der Waals surface area contributed by atoms with E-state index < -0.39 is 11.5 Å². The van der Waals surface area contributed by atoms with Crippen molar-refractivity contribution in [2.45, 2.75) is 18.4 Å². The van der Waals surface area contributed by atoms with Crippen LogP contribution in [0.25, 0.3) is 11.0 Å². The summed E-state index contributed by atoms with van der Waals surface area (Å²) in [5.74, 6) is 5.31. The number of piperidine rings is 1. The molecule has 0 atom stereocenters. The molecule has 0 radical (unpaired) electrons. The SMILES string of the molecule is O=C(O)c1ccc(C#CC2(NC(=O)c3cc4ccccc4o3)CCNCC2)cc1. The van der Waals surface area contributed by atoms with E-state index in [0.717, 1.165) is 18.5 Å². The van der Waals surface area contributed by atoms with Gasteiger partial charge in [0.15, 0.2) is 5.76 Å². The van der Waals surface area contributed by atoms with Crippen LogP contribution >= 0.6 is 0 Å². The lowest BCUT2D eigenvalue weighted by atomic mass is 9.88. The fraction of sp³-hybridized carbons (Fsp3) is 0.217. The van der Waals surface area contributed by atoms with Crippen molar-refractivity contribution >= 4 is 22.8 Å². The van der Waals surface area contributed by atoms with E-state index in [0.29, 0.717) is 24.0 Å². The van der Waals surface area contributed by atoms with Crippen molar-refractivity contribution < 1.29 is 19.1 Å². The monoisotopic (exact) mass is 388 g/mol. The van der Waals surface area contributed by atoms with Gasteiger partial charge in [0.1, 0.15) is 11.1 Å². The van der Waals surface area contributed by atoms with E-state index in [1.807, 2.05) is 24.3 Å². The van der Waals surface area contributed by atoms with Crippen molar-refractivity contribution in [3.05, 3.63) is 71.5 Å². The smallest absolute Gasteiger partial charge is 0.335 e. The molecule has 4 rings (SSSR count). The molecule has 2 aromatic carbocycles. The van der Waals surface area contributed by atoms with Gasteiger partial charge in [-0.3, -0.25) is 4.79 Å². The second kappa shape index (κ2) is 7.82. The first-order valence-electron chi connectivity index (χ1n) is 9.43. The number of hydrogen-bond acceptors (Lipinski definition) is 4. The Morgan fingerprint density at radius 2 is 1.79 bits per heavy atom. The standard InChI is InChI=1S/C23H20N2O4/c26-21(20-15-18-3-1-2-4-19(18)29-20)25-23(11-13-24-14-12-23)10-9-16-5-7-17(8-6-16)22(27)28/h1-8,15,24H,11-14H2,(H,25,26)(H,27,28). The molecule has 6 heteroatoms. The zero-order valence-corrected chi connectivity index (χ0v) is 15.7. The van der Waals surface area contributed by atoms with Gasteiger partial charge in [-0.1, -0.05) is 30.0 Å². The highest BCUT2D eigenvalue weighted by Crippen LogP contribution is 2.22. The molecular weight excluding hydrogens is 368 g/mol. The van der Waals surface area contributed by atoms with Crippen LogP contribution in [-0.2, 0) is 0 Å². The van der Waals surface area contributed by atoms with E-state index in [-0.39, 0.29) is 17.2 Å². The largest absolute Gasteiger partial charge is 0.478 e. The number of carboxylic acids is 1. The predicted molar refractivity (Wildman–Crippen MR) is 109 cm³/mol. The summed E-state index contributed by atoms with van der Waals surface area (Å²) in [5.41, 5.74) is 0.907. The van der Waals surface area contributed by atoms with Gasteiger partial charge in [0.2, 0.25) is 0 Å². The molecule has 3 aromatic rings. The first-order valence-corrected chi connectivity index (χ1v) is 9.43. The molecule has 1 aliphatic rings. The van der Waals surface area contributed by atoms with Crippen LogP contribution in [0.1, 0.15) is 39.3 Å². The van der Waals surface area contributed by atoms with Crippen LogP contribution in [0.5, 0.6) is 0 Å². The number of carbonyl (C=O) groups is 2. The lowest BCUT2D eigenvalue weighted by molar-refractivity contribution is 0.0696. The van der Waals surface area contributed by atoms with Gasteiger partial charge in [-0.05, 0) is 62.3 Å². The molecule has 2 heterocycles. The number of aromatic carboxylic acids is 1. The molecular formula is C23H20N2O4. The quantitative estimate of drug-likeness (QED) is 0.600. The summed E-state index contributed by atoms with van der Waals surface area (Å²) in [7, 11) is 0. The van der Waals surface area contributed by atoms with Crippen LogP contribution in [0.15, 0.2) is 59.0 Å². The van der Waals surface area contributed by atoms with E-state index in [9.17, 15) is 9.59 Å². The van der Waals surface area contributed by atoms with Gasteiger partial charge in [-0.15, -0.1) is 0 Å². The molecule has 1 aliphatic heterocycles. The number of carboxylic acid groups (broad SMARTS) is 1. The third-order valence-corrected chi connectivity index (χ3v) is 5.04. The zero-order chi connectivity index (χ0) is 20.3. The Balaban J connectivity index is 1.58. The number of rotatable bonds is 3. The van der Waals surface area contributed by atoms with Crippen molar-refractivity contribution in [1.82, 2.24) is 10.6 Å². The normalized spacial score (nSPS) is 15.3. The molecule has 0 unspecified atom stereocenters. The highest BCUT2D eigenvalue weighted by atomic mass is 16.4. The second-order valence-electron chi connectivity index (χ2n) is 7.07. The molecule has 6 nitrogen and oxygen atoms in total. The van der Waals surface area contributed by atoms with Crippen LogP contribution < -0.4 is 10.6 Å². The molecule has 29 heavy (non-hydrogen) atoms.